The number of carbonyl (C=O) groups is 1. The number of rotatable bonds is 5. The van der Waals surface area contributed by atoms with Crippen LogP contribution in [0.5, 0.6) is 0 Å². The summed E-state index contributed by atoms with van der Waals surface area (Å²) in [5, 5.41) is 12.0. The average Bonchev–Trinajstić information content (AvgIpc) is 3.29. The van der Waals surface area contributed by atoms with Crippen molar-refractivity contribution < 1.29 is 13.9 Å². The second-order valence-corrected chi connectivity index (χ2v) is 7.05. The molecule has 1 aromatic carbocycles. The molecule has 1 aromatic heterocycles. The van der Waals surface area contributed by atoms with Gasteiger partial charge in [-0.1, -0.05) is 22.0 Å². The zero-order chi connectivity index (χ0) is 18.5. The molecule has 0 radical (unpaired) electrons. The van der Waals surface area contributed by atoms with Crippen LogP contribution in [0.15, 0.2) is 44.8 Å². The van der Waals surface area contributed by atoms with E-state index in [4.69, 9.17) is 9.15 Å². The summed E-state index contributed by atoms with van der Waals surface area (Å²) in [7, 11) is 0. The molecule has 2 heterocycles. The number of aryl methyl sites for hydroxylation is 1. The molecule has 0 saturated carbocycles. The number of furan rings is 1. The molecular formula is C20H19BrN2O3. The minimum atomic E-state index is -0.419. The Balaban J connectivity index is 1.72. The van der Waals surface area contributed by atoms with E-state index < -0.39 is 5.91 Å². The van der Waals surface area contributed by atoms with Crippen molar-refractivity contribution in [1.29, 1.82) is 5.26 Å². The first-order chi connectivity index (χ1) is 12.6. The summed E-state index contributed by atoms with van der Waals surface area (Å²) in [4.78, 5) is 12.2. The highest BCUT2D eigenvalue weighted by molar-refractivity contribution is 9.10. The van der Waals surface area contributed by atoms with Gasteiger partial charge >= 0.3 is 0 Å². The molecule has 1 atom stereocenters. The minimum absolute atomic E-state index is 0.00636. The van der Waals surface area contributed by atoms with Crippen LogP contribution in [-0.4, -0.2) is 25.2 Å². The predicted octanol–water partition coefficient (Wildman–Crippen LogP) is 4.22. The fraction of sp³-hybridized carbons (Fsp3) is 0.300. The third-order valence-electron chi connectivity index (χ3n) is 4.18. The Kier molecular flexibility index (Phi) is 5.92. The van der Waals surface area contributed by atoms with E-state index in [1.165, 1.54) is 6.08 Å². The van der Waals surface area contributed by atoms with Crippen LogP contribution in [0, 0.1) is 18.3 Å². The molecule has 0 aliphatic carbocycles. The molecule has 2 aromatic rings. The van der Waals surface area contributed by atoms with E-state index in [0.29, 0.717) is 18.1 Å². The number of carbonyl (C=O) groups excluding carboxylic acids is 1. The summed E-state index contributed by atoms with van der Waals surface area (Å²) in [5.74, 6) is 0.703. The van der Waals surface area contributed by atoms with Gasteiger partial charge in [0.05, 0.1) is 6.10 Å². The largest absolute Gasteiger partial charge is 0.457 e. The first-order valence-electron chi connectivity index (χ1n) is 8.45. The maximum Gasteiger partial charge on any atom is 0.262 e. The number of nitrogens with zero attached hydrogens (tertiary/aromatic N) is 1. The van der Waals surface area contributed by atoms with E-state index in [2.05, 4.69) is 21.2 Å². The third-order valence-corrected chi connectivity index (χ3v) is 4.84. The summed E-state index contributed by atoms with van der Waals surface area (Å²) in [6.07, 6.45) is 3.42. The Morgan fingerprint density at radius 2 is 2.27 bits per heavy atom. The number of nitriles is 1. The molecule has 1 amide bonds. The summed E-state index contributed by atoms with van der Waals surface area (Å²) in [5.41, 5.74) is 2.06. The molecule has 0 bridgehead atoms. The van der Waals surface area contributed by atoms with Crippen molar-refractivity contribution in [2.45, 2.75) is 25.9 Å². The van der Waals surface area contributed by atoms with E-state index in [-0.39, 0.29) is 11.7 Å². The zero-order valence-electron chi connectivity index (χ0n) is 14.4. The first kappa shape index (κ1) is 18.4. The highest BCUT2D eigenvalue weighted by Gasteiger charge is 2.18. The van der Waals surface area contributed by atoms with Gasteiger partial charge in [0.15, 0.2) is 0 Å². The average molecular weight is 415 g/mol. The molecule has 134 valence electrons. The monoisotopic (exact) mass is 414 g/mol. The highest BCUT2D eigenvalue weighted by atomic mass is 79.9. The molecule has 1 saturated heterocycles. The van der Waals surface area contributed by atoms with Crippen molar-refractivity contribution >= 4 is 27.9 Å². The zero-order valence-corrected chi connectivity index (χ0v) is 16.0. The number of hydrogen-bond donors (Lipinski definition) is 1. The standard InChI is InChI=1S/C20H19BrN2O3/c1-13-4-6-17(18(21)9-13)19-7-5-15(26-19)10-14(11-22)20(24)23-12-16-3-2-8-25-16/h4-7,9-10,16H,2-3,8,12H2,1H3,(H,23,24)/b14-10+/t16-/m0/s1. The smallest absolute Gasteiger partial charge is 0.262 e. The topological polar surface area (TPSA) is 75.3 Å². The lowest BCUT2D eigenvalue weighted by molar-refractivity contribution is -0.117. The van der Waals surface area contributed by atoms with Gasteiger partial charge < -0.3 is 14.5 Å². The third kappa shape index (κ3) is 4.43. The molecule has 1 fully saturated rings. The summed E-state index contributed by atoms with van der Waals surface area (Å²) < 4.78 is 12.2. The van der Waals surface area contributed by atoms with Crippen LogP contribution < -0.4 is 5.32 Å². The first-order valence-corrected chi connectivity index (χ1v) is 9.24. The van der Waals surface area contributed by atoms with Crippen LogP contribution in [-0.2, 0) is 9.53 Å². The van der Waals surface area contributed by atoms with Gasteiger partial charge in [0.1, 0.15) is 23.2 Å². The molecule has 5 nitrogen and oxygen atoms in total. The van der Waals surface area contributed by atoms with Crippen LogP contribution in [0.25, 0.3) is 17.4 Å². The van der Waals surface area contributed by atoms with E-state index in [9.17, 15) is 10.1 Å². The fourth-order valence-corrected chi connectivity index (χ4v) is 3.48. The van der Waals surface area contributed by atoms with Gasteiger partial charge in [0, 0.05) is 29.3 Å². The van der Waals surface area contributed by atoms with Gasteiger partial charge in [-0.25, -0.2) is 0 Å². The molecule has 0 spiro atoms. The summed E-state index contributed by atoms with van der Waals surface area (Å²) in [6, 6.07) is 11.5. The van der Waals surface area contributed by atoms with Crippen LogP contribution in [0.4, 0.5) is 0 Å². The van der Waals surface area contributed by atoms with Crippen LogP contribution in [0.2, 0.25) is 0 Å². The second-order valence-electron chi connectivity index (χ2n) is 6.20. The number of nitrogens with one attached hydrogen (secondary N) is 1. The number of benzene rings is 1. The maximum absolute atomic E-state index is 12.2. The number of halogens is 1. The molecule has 1 aliphatic rings. The van der Waals surface area contributed by atoms with Gasteiger partial charge in [0.25, 0.3) is 5.91 Å². The van der Waals surface area contributed by atoms with Gasteiger partial charge in [-0.15, -0.1) is 0 Å². The Labute approximate surface area is 160 Å². The van der Waals surface area contributed by atoms with Crippen LogP contribution >= 0.6 is 15.9 Å². The molecule has 1 aliphatic heterocycles. The Morgan fingerprint density at radius 1 is 1.42 bits per heavy atom. The Morgan fingerprint density at radius 3 is 2.96 bits per heavy atom. The van der Waals surface area contributed by atoms with Crippen molar-refractivity contribution in [3.63, 3.8) is 0 Å². The Hall–Kier alpha value is -2.36. The van der Waals surface area contributed by atoms with Crippen molar-refractivity contribution in [2.24, 2.45) is 0 Å². The predicted molar refractivity (Wildman–Crippen MR) is 102 cm³/mol. The van der Waals surface area contributed by atoms with Crippen molar-refractivity contribution in [2.75, 3.05) is 13.2 Å². The van der Waals surface area contributed by atoms with E-state index >= 15 is 0 Å². The van der Waals surface area contributed by atoms with E-state index in [0.717, 1.165) is 35.0 Å². The number of ether oxygens (including phenoxy) is 1. The SMILES string of the molecule is Cc1ccc(-c2ccc(/C=C(\C#N)C(=O)NC[C@@H]3CCCO3)o2)c(Br)c1. The normalized spacial score (nSPS) is 17.1. The van der Waals surface area contributed by atoms with Gasteiger partial charge in [0.2, 0.25) is 0 Å². The van der Waals surface area contributed by atoms with Crippen LogP contribution in [0.3, 0.4) is 0 Å². The fourth-order valence-electron chi connectivity index (χ4n) is 2.79. The highest BCUT2D eigenvalue weighted by Crippen LogP contribution is 2.31. The Bertz CT molecular complexity index is 873. The molecule has 0 unspecified atom stereocenters. The molecule has 6 heteroatoms. The maximum atomic E-state index is 12.2. The summed E-state index contributed by atoms with van der Waals surface area (Å²) in [6.45, 7) is 3.15. The van der Waals surface area contributed by atoms with Crippen LogP contribution in [0.1, 0.15) is 24.2 Å². The van der Waals surface area contributed by atoms with E-state index in [1.54, 1.807) is 6.07 Å². The van der Waals surface area contributed by atoms with E-state index in [1.807, 2.05) is 37.3 Å². The van der Waals surface area contributed by atoms with Gasteiger partial charge in [-0.2, -0.15) is 5.26 Å². The van der Waals surface area contributed by atoms with Gasteiger partial charge in [-0.3, -0.25) is 4.79 Å². The van der Waals surface area contributed by atoms with Gasteiger partial charge in [-0.05, 0) is 49.6 Å². The second kappa shape index (κ2) is 8.35. The van der Waals surface area contributed by atoms with Crippen molar-refractivity contribution in [1.82, 2.24) is 5.32 Å². The van der Waals surface area contributed by atoms with Crippen molar-refractivity contribution in [3.05, 3.63) is 51.7 Å². The lowest BCUT2D eigenvalue weighted by Crippen LogP contribution is -2.32. The lowest BCUT2D eigenvalue weighted by Gasteiger charge is -2.09. The number of hydrogen-bond acceptors (Lipinski definition) is 4. The molecular weight excluding hydrogens is 396 g/mol. The molecule has 3 rings (SSSR count). The van der Waals surface area contributed by atoms with Crippen molar-refractivity contribution in [3.8, 4) is 17.4 Å². The molecule has 26 heavy (non-hydrogen) atoms. The number of amides is 1. The summed E-state index contributed by atoms with van der Waals surface area (Å²) >= 11 is 3.53. The lowest BCUT2D eigenvalue weighted by atomic mass is 10.1. The molecule has 1 N–H and O–H groups in total. The quantitative estimate of drug-likeness (QED) is 0.586. The minimum Gasteiger partial charge on any atom is -0.457 e.